The van der Waals surface area contributed by atoms with Crippen LogP contribution in [0.25, 0.3) is 0 Å². The summed E-state index contributed by atoms with van der Waals surface area (Å²) in [5.41, 5.74) is 1.61. The Labute approximate surface area is 106 Å². The summed E-state index contributed by atoms with van der Waals surface area (Å²) in [4.78, 5) is 12.0. The summed E-state index contributed by atoms with van der Waals surface area (Å²) >= 11 is 7.31. The van der Waals surface area contributed by atoms with Gasteiger partial charge in [0, 0.05) is 16.8 Å². The van der Waals surface area contributed by atoms with Crippen molar-refractivity contribution in [2.45, 2.75) is 39.2 Å². The van der Waals surface area contributed by atoms with Crippen LogP contribution in [-0.2, 0) is 0 Å². The van der Waals surface area contributed by atoms with E-state index in [1.54, 1.807) is 11.3 Å². The maximum Gasteiger partial charge on any atom is 0.252 e. The predicted molar refractivity (Wildman–Crippen MR) is 70.6 cm³/mol. The van der Waals surface area contributed by atoms with E-state index in [9.17, 15) is 4.79 Å². The maximum absolute atomic E-state index is 12.0. The van der Waals surface area contributed by atoms with Crippen LogP contribution in [-0.4, -0.2) is 17.3 Å². The fourth-order valence-corrected chi connectivity index (χ4v) is 2.72. The van der Waals surface area contributed by atoms with Gasteiger partial charge in [-0.05, 0) is 37.6 Å². The number of aryl methyl sites for hydroxylation is 1. The van der Waals surface area contributed by atoms with E-state index in [4.69, 9.17) is 11.6 Å². The summed E-state index contributed by atoms with van der Waals surface area (Å²) in [6.07, 6.45) is 1.68. The lowest BCUT2D eigenvalue weighted by atomic mass is 9.95. The molecule has 0 radical (unpaired) electrons. The summed E-state index contributed by atoms with van der Waals surface area (Å²) in [5, 5.41) is 6.95. The Bertz CT molecular complexity index is 364. The number of alkyl halides is 1. The molecular formula is C12H18ClNOS. The quantitative estimate of drug-likeness (QED) is 0.805. The van der Waals surface area contributed by atoms with E-state index in [0.717, 1.165) is 24.0 Å². The number of carbonyl (C=O) groups is 1. The molecular weight excluding hydrogens is 242 g/mol. The topological polar surface area (TPSA) is 29.1 Å². The van der Waals surface area contributed by atoms with Crippen LogP contribution in [0.4, 0.5) is 0 Å². The zero-order valence-corrected chi connectivity index (χ0v) is 11.5. The van der Waals surface area contributed by atoms with Crippen LogP contribution in [0.1, 0.15) is 42.6 Å². The first kappa shape index (κ1) is 13.5. The van der Waals surface area contributed by atoms with E-state index in [1.165, 1.54) is 0 Å². The Balaban J connectivity index is 2.73. The lowest BCUT2D eigenvalue weighted by molar-refractivity contribution is 0.0901. The molecule has 0 fully saturated rings. The molecule has 1 heterocycles. The van der Waals surface area contributed by atoms with Gasteiger partial charge in [-0.2, -0.15) is 11.3 Å². The molecule has 1 amide bonds. The second kappa shape index (κ2) is 5.69. The number of rotatable bonds is 5. The van der Waals surface area contributed by atoms with Crippen LogP contribution in [0.3, 0.4) is 0 Å². The normalized spacial score (nSPS) is 14.5. The molecule has 0 bridgehead atoms. The zero-order valence-electron chi connectivity index (χ0n) is 9.97. The van der Waals surface area contributed by atoms with Crippen molar-refractivity contribution < 1.29 is 4.79 Å². The average Bonchev–Trinajstić information content (AvgIpc) is 2.65. The highest BCUT2D eigenvalue weighted by molar-refractivity contribution is 7.08. The first-order valence-electron chi connectivity index (χ1n) is 5.43. The van der Waals surface area contributed by atoms with Crippen LogP contribution in [0.2, 0.25) is 0 Å². The number of hydrogen-bond acceptors (Lipinski definition) is 2. The van der Waals surface area contributed by atoms with Crippen molar-refractivity contribution in [2.24, 2.45) is 0 Å². The molecule has 1 aromatic rings. The van der Waals surface area contributed by atoms with E-state index in [2.05, 4.69) is 12.2 Å². The molecule has 0 aromatic carbocycles. The van der Waals surface area contributed by atoms with Crippen molar-refractivity contribution in [3.05, 3.63) is 21.9 Å². The SMILES string of the molecule is CCC(C)(CCCl)NC(=O)c1cscc1C. The smallest absolute Gasteiger partial charge is 0.252 e. The maximum atomic E-state index is 12.0. The van der Waals surface area contributed by atoms with Crippen molar-refractivity contribution in [2.75, 3.05) is 5.88 Å². The van der Waals surface area contributed by atoms with Crippen molar-refractivity contribution in [3.8, 4) is 0 Å². The van der Waals surface area contributed by atoms with E-state index in [1.807, 2.05) is 24.6 Å². The molecule has 4 heteroatoms. The molecule has 16 heavy (non-hydrogen) atoms. The minimum Gasteiger partial charge on any atom is -0.347 e. The van der Waals surface area contributed by atoms with Crippen molar-refractivity contribution in [1.82, 2.24) is 5.32 Å². The van der Waals surface area contributed by atoms with Gasteiger partial charge in [-0.1, -0.05) is 6.92 Å². The third-order valence-corrected chi connectivity index (χ3v) is 3.99. The minimum absolute atomic E-state index is 0.00761. The summed E-state index contributed by atoms with van der Waals surface area (Å²) in [7, 11) is 0. The summed E-state index contributed by atoms with van der Waals surface area (Å²) < 4.78 is 0. The van der Waals surface area contributed by atoms with Gasteiger partial charge in [0.05, 0.1) is 5.56 Å². The first-order valence-corrected chi connectivity index (χ1v) is 6.91. The Morgan fingerprint density at radius 2 is 2.25 bits per heavy atom. The molecule has 1 unspecified atom stereocenters. The van der Waals surface area contributed by atoms with E-state index in [-0.39, 0.29) is 11.4 Å². The minimum atomic E-state index is -0.201. The van der Waals surface area contributed by atoms with Crippen molar-refractivity contribution >= 4 is 28.8 Å². The average molecular weight is 260 g/mol. The monoisotopic (exact) mass is 259 g/mol. The van der Waals surface area contributed by atoms with Gasteiger partial charge in [-0.15, -0.1) is 11.6 Å². The third-order valence-electron chi connectivity index (χ3n) is 2.94. The number of amides is 1. The second-order valence-electron chi connectivity index (χ2n) is 4.28. The number of carbonyl (C=O) groups excluding carboxylic acids is 1. The van der Waals surface area contributed by atoms with Gasteiger partial charge in [-0.25, -0.2) is 0 Å². The molecule has 0 spiro atoms. The highest BCUT2D eigenvalue weighted by atomic mass is 35.5. The molecule has 0 saturated carbocycles. The van der Waals surface area contributed by atoms with Gasteiger partial charge in [0.15, 0.2) is 0 Å². The van der Waals surface area contributed by atoms with E-state index >= 15 is 0 Å². The molecule has 1 atom stereocenters. The highest BCUT2D eigenvalue weighted by Crippen LogP contribution is 2.19. The van der Waals surface area contributed by atoms with E-state index in [0.29, 0.717) is 5.88 Å². The lowest BCUT2D eigenvalue weighted by Crippen LogP contribution is -2.45. The second-order valence-corrected chi connectivity index (χ2v) is 5.40. The molecule has 0 aliphatic heterocycles. The molecule has 1 N–H and O–H groups in total. The van der Waals surface area contributed by atoms with Gasteiger partial charge in [-0.3, -0.25) is 4.79 Å². The Morgan fingerprint density at radius 3 is 2.69 bits per heavy atom. The van der Waals surface area contributed by atoms with E-state index < -0.39 is 0 Å². The van der Waals surface area contributed by atoms with Gasteiger partial charge >= 0.3 is 0 Å². The number of hydrogen-bond donors (Lipinski definition) is 1. The van der Waals surface area contributed by atoms with Crippen molar-refractivity contribution in [1.29, 1.82) is 0 Å². The Hall–Kier alpha value is -0.540. The number of thiophene rings is 1. The Kier molecular flexibility index (Phi) is 4.81. The predicted octanol–water partition coefficient (Wildman–Crippen LogP) is 3.58. The summed E-state index contributed by atoms with van der Waals surface area (Å²) in [6.45, 7) is 6.05. The molecule has 1 rings (SSSR count). The standard InChI is InChI=1S/C12H18ClNOS/c1-4-12(3,5-6-13)14-11(15)10-8-16-7-9(10)2/h7-8H,4-6H2,1-3H3,(H,14,15). The van der Waals surface area contributed by atoms with Gasteiger partial charge < -0.3 is 5.32 Å². The molecule has 0 aliphatic rings. The first-order chi connectivity index (χ1) is 7.52. The van der Waals surface area contributed by atoms with Crippen LogP contribution < -0.4 is 5.32 Å². The van der Waals surface area contributed by atoms with Gasteiger partial charge in [0.1, 0.15) is 0 Å². The lowest BCUT2D eigenvalue weighted by Gasteiger charge is -2.29. The third kappa shape index (κ3) is 3.22. The molecule has 0 saturated heterocycles. The summed E-state index contributed by atoms with van der Waals surface area (Å²) in [5.74, 6) is 0.570. The fraction of sp³-hybridized carbons (Fsp3) is 0.583. The van der Waals surface area contributed by atoms with Crippen LogP contribution in [0.5, 0.6) is 0 Å². The summed E-state index contributed by atoms with van der Waals surface area (Å²) in [6, 6.07) is 0. The number of halogens is 1. The van der Waals surface area contributed by atoms with Crippen molar-refractivity contribution in [3.63, 3.8) is 0 Å². The molecule has 0 aliphatic carbocycles. The van der Waals surface area contributed by atoms with Gasteiger partial charge in [0.2, 0.25) is 0 Å². The largest absolute Gasteiger partial charge is 0.347 e. The molecule has 2 nitrogen and oxygen atoms in total. The van der Waals surface area contributed by atoms with Gasteiger partial charge in [0.25, 0.3) is 5.91 Å². The Morgan fingerprint density at radius 1 is 1.56 bits per heavy atom. The molecule has 90 valence electrons. The van der Waals surface area contributed by atoms with Crippen LogP contribution in [0, 0.1) is 6.92 Å². The number of nitrogens with one attached hydrogen (secondary N) is 1. The highest BCUT2D eigenvalue weighted by Gasteiger charge is 2.24. The van der Waals surface area contributed by atoms with Crippen LogP contribution in [0.15, 0.2) is 10.8 Å². The molecule has 1 aromatic heterocycles. The van der Waals surface area contributed by atoms with Crippen LogP contribution >= 0.6 is 22.9 Å². The fourth-order valence-electron chi connectivity index (χ4n) is 1.47. The zero-order chi connectivity index (χ0) is 12.2.